The van der Waals surface area contributed by atoms with Crippen molar-refractivity contribution in [3.05, 3.63) is 66.6 Å². The highest BCUT2D eigenvalue weighted by Gasteiger charge is 2.30. The van der Waals surface area contributed by atoms with Crippen molar-refractivity contribution < 1.29 is 4.48 Å². The number of benzene rings is 1. The summed E-state index contributed by atoms with van der Waals surface area (Å²) in [5.74, 6) is 0.643. The van der Waals surface area contributed by atoms with E-state index in [1.54, 1.807) is 0 Å². The number of nitrogens with zero attached hydrogens (tertiary/aromatic N) is 3. The summed E-state index contributed by atoms with van der Waals surface area (Å²) in [5.41, 5.74) is 6.62. The Labute approximate surface area is 156 Å². The van der Waals surface area contributed by atoms with Gasteiger partial charge < -0.3 is 9.05 Å². The molecule has 2 aromatic heterocycles. The highest BCUT2D eigenvalue weighted by atomic mass is 15.3. The van der Waals surface area contributed by atoms with Crippen LogP contribution in [0.25, 0.3) is 22.4 Å². The lowest BCUT2D eigenvalue weighted by molar-refractivity contribution is -0.895. The summed E-state index contributed by atoms with van der Waals surface area (Å²) in [6, 6.07) is 17.4. The first-order valence-electron chi connectivity index (χ1n) is 9.52. The molecule has 1 aromatic carbocycles. The van der Waals surface area contributed by atoms with Crippen molar-refractivity contribution in [3.63, 3.8) is 0 Å². The Balaban J connectivity index is 1.81. The quantitative estimate of drug-likeness (QED) is 0.628. The summed E-state index contributed by atoms with van der Waals surface area (Å²) in [4.78, 5) is 4.20. The van der Waals surface area contributed by atoms with Gasteiger partial charge in [-0.15, -0.1) is 0 Å². The summed E-state index contributed by atoms with van der Waals surface area (Å²) in [6.45, 7) is 2.50. The summed E-state index contributed by atoms with van der Waals surface area (Å²) in [6.07, 6.45) is 6.29. The molecule has 0 amide bonds. The molecule has 3 heterocycles. The molecular formula is C23H28N3+. The van der Waals surface area contributed by atoms with Crippen LogP contribution >= 0.6 is 0 Å². The average Bonchev–Trinajstić information content (AvgIpc) is 3.00. The van der Waals surface area contributed by atoms with Crippen LogP contribution in [-0.2, 0) is 7.05 Å². The molecular weight excluding hydrogens is 318 g/mol. The van der Waals surface area contributed by atoms with Crippen LogP contribution in [0.1, 0.15) is 24.5 Å². The molecule has 0 radical (unpaired) electrons. The van der Waals surface area contributed by atoms with Crippen LogP contribution in [0.5, 0.6) is 0 Å². The second-order valence-corrected chi connectivity index (χ2v) is 8.15. The Hall–Kier alpha value is -2.39. The summed E-state index contributed by atoms with van der Waals surface area (Å²) in [7, 11) is 6.93. The Kier molecular flexibility index (Phi) is 4.41. The van der Waals surface area contributed by atoms with E-state index < -0.39 is 0 Å². The Morgan fingerprint density at radius 3 is 2.23 bits per heavy atom. The van der Waals surface area contributed by atoms with Crippen molar-refractivity contribution in [2.75, 3.05) is 27.2 Å². The molecule has 1 aliphatic heterocycles. The van der Waals surface area contributed by atoms with E-state index in [1.807, 2.05) is 12.4 Å². The molecule has 1 aliphatic rings. The van der Waals surface area contributed by atoms with Crippen LogP contribution in [0.4, 0.5) is 0 Å². The van der Waals surface area contributed by atoms with E-state index in [0.29, 0.717) is 5.92 Å². The normalized spacial score (nSPS) is 17.3. The smallest absolute Gasteiger partial charge is 0.0789 e. The van der Waals surface area contributed by atoms with E-state index in [1.165, 1.54) is 54.0 Å². The van der Waals surface area contributed by atoms with Gasteiger partial charge in [-0.05, 0) is 29.3 Å². The number of likely N-dealkylation sites (tertiary alicyclic amines) is 1. The number of rotatable bonds is 3. The van der Waals surface area contributed by atoms with Gasteiger partial charge in [0, 0.05) is 49.5 Å². The molecule has 0 bridgehead atoms. The molecule has 134 valence electrons. The minimum absolute atomic E-state index is 0.643. The highest BCUT2D eigenvalue weighted by Crippen LogP contribution is 2.39. The van der Waals surface area contributed by atoms with E-state index in [2.05, 4.69) is 79.2 Å². The fourth-order valence-electron chi connectivity index (χ4n) is 4.27. The third-order valence-electron chi connectivity index (χ3n) is 5.89. The van der Waals surface area contributed by atoms with Crippen molar-refractivity contribution >= 4 is 0 Å². The zero-order valence-corrected chi connectivity index (χ0v) is 16.0. The van der Waals surface area contributed by atoms with Crippen LogP contribution in [0.2, 0.25) is 0 Å². The fraction of sp³-hybridized carbons (Fsp3) is 0.348. The Morgan fingerprint density at radius 1 is 0.923 bits per heavy atom. The first-order chi connectivity index (χ1) is 12.6. The molecule has 26 heavy (non-hydrogen) atoms. The van der Waals surface area contributed by atoms with E-state index in [4.69, 9.17) is 0 Å². The molecule has 3 aromatic rings. The number of hydrogen-bond acceptors (Lipinski definition) is 1. The largest absolute Gasteiger partial charge is 0.347 e. The summed E-state index contributed by atoms with van der Waals surface area (Å²) < 4.78 is 3.57. The van der Waals surface area contributed by atoms with Crippen molar-refractivity contribution in [1.29, 1.82) is 0 Å². The SMILES string of the molecule is Cn1c(C2CC[N+](C)(C)CC2)cc(-c2ccncc2)c1-c1ccccc1. The minimum Gasteiger partial charge on any atom is -0.347 e. The van der Waals surface area contributed by atoms with Crippen LogP contribution in [-0.4, -0.2) is 41.2 Å². The summed E-state index contributed by atoms with van der Waals surface area (Å²) >= 11 is 0. The number of pyridine rings is 1. The van der Waals surface area contributed by atoms with Crippen molar-refractivity contribution in [1.82, 2.24) is 9.55 Å². The topological polar surface area (TPSA) is 17.8 Å². The van der Waals surface area contributed by atoms with Crippen molar-refractivity contribution in [3.8, 4) is 22.4 Å². The maximum atomic E-state index is 4.20. The maximum absolute atomic E-state index is 4.20. The number of aromatic nitrogens is 2. The summed E-state index contributed by atoms with van der Waals surface area (Å²) in [5, 5.41) is 0. The standard InChI is InChI=1S/C23H28N3/c1-25-22(19-11-15-26(2,3)16-12-19)17-21(18-9-13-24-14-10-18)23(25)20-7-5-4-6-8-20/h4-10,13-14,17,19H,11-12,15-16H2,1-3H3/q+1. The van der Waals surface area contributed by atoms with Gasteiger partial charge in [-0.3, -0.25) is 4.98 Å². The van der Waals surface area contributed by atoms with Gasteiger partial charge >= 0.3 is 0 Å². The Morgan fingerprint density at radius 2 is 1.58 bits per heavy atom. The molecule has 3 heteroatoms. The van der Waals surface area contributed by atoms with E-state index in [-0.39, 0.29) is 0 Å². The van der Waals surface area contributed by atoms with E-state index in [9.17, 15) is 0 Å². The third kappa shape index (κ3) is 3.19. The Bertz CT molecular complexity index is 869. The number of hydrogen-bond donors (Lipinski definition) is 0. The average molecular weight is 346 g/mol. The van der Waals surface area contributed by atoms with E-state index >= 15 is 0 Å². The molecule has 0 atom stereocenters. The fourth-order valence-corrected chi connectivity index (χ4v) is 4.27. The molecule has 0 N–H and O–H groups in total. The predicted octanol–water partition coefficient (Wildman–Crippen LogP) is 4.71. The van der Waals surface area contributed by atoms with Crippen molar-refractivity contribution in [2.24, 2.45) is 7.05 Å². The van der Waals surface area contributed by atoms with Crippen LogP contribution in [0.3, 0.4) is 0 Å². The van der Waals surface area contributed by atoms with Gasteiger partial charge in [0.25, 0.3) is 0 Å². The first-order valence-corrected chi connectivity index (χ1v) is 9.52. The van der Waals surface area contributed by atoms with Crippen molar-refractivity contribution in [2.45, 2.75) is 18.8 Å². The van der Waals surface area contributed by atoms with Crippen LogP contribution in [0.15, 0.2) is 60.9 Å². The van der Waals surface area contributed by atoms with Gasteiger partial charge in [-0.1, -0.05) is 30.3 Å². The van der Waals surface area contributed by atoms with Gasteiger partial charge in [-0.25, -0.2) is 0 Å². The molecule has 0 saturated carbocycles. The minimum atomic E-state index is 0.643. The second kappa shape index (κ2) is 6.73. The van der Waals surface area contributed by atoms with Gasteiger partial charge in [0.05, 0.1) is 32.9 Å². The monoisotopic (exact) mass is 346 g/mol. The van der Waals surface area contributed by atoms with E-state index in [0.717, 1.165) is 4.48 Å². The maximum Gasteiger partial charge on any atom is 0.0789 e. The molecule has 1 fully saturated rings. The van der Waals surface area contributed by atoms with Crippen LogP contribution in [0, 0.1) is 0 Å². The first kappa shape index (κ1) is 17.0. The van der Waals surface area contributed by atoms with Gasteiger partial charge in [0.15, 0.2) is 0 Å². The zero-order chi connectivity index (χ0) is 18.1. The highest BCUT2D eigenvalue weighted by molar-refractivity contribution is 5.82. The lowest BCUT2D eigenvalue weighted by Crippen LogP contribution is -2.45. The number of piperidine rings is 1. The molecule has 0 aliphatic carbocycles. The molecule has 0 unspecified atom stereocenters. The lowest BCUT2D eigenvalue weighted by Gasteiger charge is -2.37. The second-order valence-electron chi connectivity index (χ2n) is 8.15. The van der Waals surface area contributed by atoms with Crippen LogP contribution < -0.4 is 0 Å². The molecule has 1 saturated heterocycles. The lowest BCUT2D eigenvalue weighted by atomic mass is 9.92. The molecule has 0 spiro atoms. The van der Waals surface area contributed by atoms with Gasteiger partial charge in [-0.2, -0.15) is 0 Å². The predicted molar refractivity (Wildman–Crippen MR) is 108 cm³/mol. The van der Waals surface area contributed by atoms with Gasteiger partial charge in [0.1, 0.15) is 0 Å². The number of quaternary nitrogens is 1. The third-order valence-corrected chi connectivity index (χ3v) is 5.89. The zero-order valence-electron chi connectivity index (χ0n) is 16.0. The molecule has 4 rings (SSSR count). The molecule has 3 nitrogen and oxygen atoms in total. The van der Waals surface area contributed by atoms with Gasteiger partial charge in [0.2, 0.25) is 0 Å².